The molecule has 2 atom stereocenters. The highest BCUT2D eigenvalue weighted by Gasteiger charge is 2.28. The smallest absolute Gasteiger partial charge is 0.0644 e. The fourth-order valence-electron chi connectivity index (χ4n) is 2.83. The summed E-state index contributed by atoms with van der Waals surface area (Å²) < 4.78 is 5.68. The summed E-state index contributed by atoms with van der Waals surface area (Å²) in [5.74, 6) is 1.11. The lowest BCUT2D eigenvalue weighted by atomic mass is 9.81. The molecular formula is C16H22ClNO. The van der Waals surface area contributed by atoms with Crippen molar-refractivity contribution >= 4 is 11.6 Å². The number of benzene rings is 1. The van der Waals surface area contributed by atoms with Crippen molar-refractivity contribution in [3.05, 3.63) is 47.5 Å². The van der Waals surface area contributed by atoms with Crippen LogP contribution in [0.15, 0.2) is 36.9 Å². The van der Waals surface area contributed by atoms with Crippen LogP contribution >= 0.6 is 11.6 Å². The predicted octanol–water partition coefficient (Wildman–Crippen LogP) is 3.58. The van der Waals surface area contributed by atoms with E-state index >= 15 is 0 Å². The van der Waals surface area contributed by atoms with E-state index in [1.165, 1.54) is 12.0 Å². The number of hydrogen-bond acceptors (Lipinski definition) is 2. The van der Waals surface area contributed by atoms with E-state index in [-0.39, 0.29) is 0 Å². The van der Waals surface area contributed by atoms with Gasteiger partial charge in [-0.05, 0) is 43.6 Å². The van der Waals surface area contributed by atoms with Crippen LogP contribution in [0.4, 0.5) is 0 Å². The molecule has 2 nitrogen and oxygen atoms in total. The van der Waals surface area contributed by atoms with Gasteiger partial charge in [0, 0.05) is 17.5 Å². The normalized spacial score (nSPS) is 24.3. The molecule has 0 spiro atoms. The van der Waals surface area contributed by atoms with Crippen LogP contribution in [0.1, 0.15) is 17.9 Å². The lowest BCUT2D eigenvalue weighted by molar-refractivity contribution is 0.0702. The van der Waals surface area contributed by atoms with E-state index in [1.54, 1.807) is 0 Å². The maximum Gasteiger partial charge on any atom is 0.0644 e. The van der Waals surface area contributed by atoms with Crippen molar-refractivity contribution in [2.24, 2.45) is 5.92 Å². The number of ether oxygens (including phenoxy) is 1. The molecule has 0 aliphatic carbocycles. The summed E-state index contributed by atoms with van der Waals surface area (Å²) in [6.07, 6.45) is 2.99. The van der Waals surface area contributed by atoms with Gasteiger partial charge in [0.1, 0.15) is 0 Å². The monoisotopic (exact) mass is 279 g/mol. The van der Waals surface area contributed by atoms with Gasteiger partial charge in [-0.25, -0.2) is 0 Å². The second kappa shape index (κ2) is 7.09. The molecule has 104 valence electrons. The average molecular weight is 280 g/mol. The second-order valence-corrected chi connectivity index (χ2v) is 5.73. The summed E-state index contributed by atoms with van der Waals surface area (Å²) in [5, 5.41) is 0.802. The fraction of sp³-hybridized carbons (Fsp3) is 0.500. The van der Waals surface area contributed by atoms with Crippen LogP contribution in [0, 0.1) is 5.92 Å². The fourth-order valence-corrected chi connectivity index (χ4v) is 2.96. The van der Waals surface area contributed by atoms with Crippen LogP contribution in [-0.2, 0) is 4.74 Å². The van der Waals surface area contributed by atoms with Crippen LogP contribution in [0.5, 0.6) is 0 Å². The Labute approximate surface area is 121 Å². The number of nitrogens with zero attached hydrogens (tertiary/aromatic N) is 1. The van der Waals surface area contributed by atoms with E-state index in [4.69, 9.17) is 16.3 Å². The predicted molar refractivity (Wildman–Crippen MR) is 80.8 cm³/mol. The first-order valence-electron chi connectivity index (χ1n) is 6.83. The molecule has 0 amide bonds. The maximum atomic E-state index is 5.97. The van der Waals surface area contributed by atoms with Gasteiger partial charge >= 0.3 is 0 Å². The van der Waals surface area contributed by atoms with Gasteiger partial charge in [-0.15, -0.1) is 6.58 Å². The number of rotatable bonds is 5. The van der Waals surface area contributed by atoms with Crippen molar-refractivity contribution in [3.8, 4) is 0 Å². The molecule has 1 heterocycles. The molecule has 0 aromatic heterocycles. The molecule has 0 saturated carbocycles. The van der Waals surface area contributed by atoms with Gasteiger partial charge in [0.05, 0.1) is 13.2 Å². The first-order valence-corrected chi connectivity index (χ1v) is 7.21. The summed E-state index contributed by atoms with van der Waals surface area (Å²) >= 11 is 5.97. The minimum Gasteiger partial charge on any atom is -0.377 e. The van der Waals surface area contributed by atoms with E-state index < -0.39 is 0 Å². The molecule has 3 heteroatoms. The molecule has 19 heavy (non-hydrogen) atoms. The van der Waals surface area contributed by atoms with E-state index in [1.807, 2.05) is 18.2 Å². The van der Waals surface area contributed by atoms with E-state index in [0.717, 1.165) is 24.7 Å². The highest BCUT2D eigenvalue weighted by molar-refractivity contribution is 6.30. The first-order chi connectivity index (χ1) is 9.20. The van der Waals surface area contributed by atoms with Crippen LogP contribution in [0.2, 0.25) is 5.02 Å². The quantitative estimate of drug-likeness (QED) is 0.603. The zero-order valence-corrected chi connectivity index (χ0v) is 12.3. The molecule has 2 rings (SSSR count). The Kier molecular flexibility index (Phi) is 5.44. The van der Waals surface area contributed by atoms with Crippen LogP contribution in [0.25, 0.3) is 0 Å². The molecule has 1 aromatic carbocycles. The van der Waals surface area contributed by atoms with Crippen LogP contribution in [0.3, 0.4) is 0 Å². The maximum absolute atomic E-state index is 5.97. The highest BCUT2D eigenvalue weighted by Crippen LogP contribution is 2.33. The number of piperidine rings is 1. The minimum absolute atomic E-state index is 0.542. The molecule has 1 saturated heterocycles. The number of hydrogen-bond donors (Lipinski definition) is 0. The lowest BCUT2D eigenvalue weighted by Gasteiger charge is -2.37. The topological polar surface area (TPSA) is 12.5 Å². The Morgan fingerprint density at radius 1 is 1.42 bits per heavy atom. The lowest BCUT2D eigenvalue weighted by Crippen LogP contribution is -2.39. The Balaban J connectivity index is 2.06. The zero-order chi connectivity index (χ0) is 13.7. The van der Waals surface area contributed by atoms with Gasteiger partial charge in [0.15, 0.2) is 0 Å². The largest absolute Gasteiger partial charge is 0.377 e. The summed E-state index contributed by atoms with van der Waals surface area (Å²) in [6, 6.07) is 8.27. The van der Waals surface area contributed by atoms with Gasteiger partial charge in [0.25, 0.3) is 0 Å². The Morgan fingerprint density at radius 2 is 2.16 bits per heavy atom. The van der Waals surface area contributed by atoms with Crippen molar-refractivity contribution in [1.29, 1.82) is 0 Å². The molecular weight excluding hydrogens is 258 g/mol. The standard InChI is InChI=1S/C16H22ClNO/c1-3-10-19-12-14-11-18(2)9-8-16(14)13-4-6-15(17)7-5-13/h3-7,14,16H,1,8-12H2,2H3/t14-,16-/m1/s1. The summed E-state index contributed by atoms with van der Waals surface area (Å²) in [4.78, 5) is 2.38. The van der Waals surface area contributed by atoms with Gasteiger partial charge in [-0.1, -0.05) is 29.8 Å². The minimum atomic E-state index is 0.542. The molecule has 0 bridgehead atoms. The van der Waals surface area contributed by atoms with E-state index in [2.05, 4.69) is 30.7 Å². The zero-order valence-electron chi connectivity index (χ0n) is 11.5. The van der Waals surface area contributed by atoms with Crippen LogP contribution < -0.4 is 0 Å². The summed E-state index contributed by atoms with van der Waals surface area (Å²) in [7, 11) is 2.18. The highest BCUT2D eigenvalue weighted by atomic mass is 35.5. The van der Waals surface area contributed by atoms with Crippen molar-refractivity contribution < 1.29 is 4.74 Å². The van der Waals surface area contributed by atoms with Crippen LogP contribution in [-0.4, -0.2) is 38.3 Å². The van der Waals surface area contributed by atoms with Crippen molar-refractivity contribution in [1.82, 2.24) is 4.90 Å². The van der Waals surface area contributed by atoms with Gasteiger partial charge < -0.3 is 9.64 Å². The summed E-state index contributed by atoms with van der Waals surface area (Å²) in [5.41, 5.74) is 1.38. The van der Waals surface area contributed by atoms with Gasteiger partial charge in [-0.2, -0.15) is 0 Å². The average Bonchev–Trinajstić information content (AvgIpc) is 2.41. The van der Waals surface area contributed by atoms with E-state index in [9.17, 15) is 0 Å². The van der Waals surface area contributed by atoms with Crippen molar-refractivity contribution in [3.63, 3.8) is 0 Å². The molecule has 1 aromatic rings. The Morgan fingerprint density at radius 3 is 2.84 bits per heavy atom. The van der Waals surface area contributed by atoms with Gasteiger partial charge in [-0.3, -0.25) is 0 Å². The molecule has 1 aliphatic rings. The molecule has 1 fully saturated rings. The van der Waals surface area contributed by atoms with Crippen molar-refractivity contribution in [2.75, 3.05) is 33.4 Å². The molecule has 0 radical (unpaired) electrons. The molecule has 0 unspecified atom stereocenters. The summed E-state index contributed by atoms with van der Waals surface area (Å²) in [6.45, 7) is 7.35. The molecule has 0 N–H and O–H groups in total. The third-order valence-electron chi connectivity index (χ3n) is 3.80. The number of likely N-dealkylation sites (tertiary alicyclic amines) is 1. The second-order valence-electron chi connectivity index (χ2n) is 5.30. The Bertz CT molecular complexity index is 404. The SMILES string of the molecule is C=CCOC[C@H]1CN(C)CC[C@@H]1c1ccc(Cl)cc1. The number of halogens is 1. The van der Waals surface area contributed by atoms with Gasteiger partial charge in [0.2, 0.25) is 0 Å². The van der Waals surface area contributed by atoms with E-state index in [0.29, 0.717) is 18.4 Å². The van der Waals surface area contributed by atoms with Crippen molar-refractivity contribution in [2.45, 2.75) is 12.3 Å². The molecule has 1 aliphatic heterocycles. The third-order valence-corrected chi connectivity index (χ3v) is 4.05. The third kappa shape index (κ3) is 4.07. The first kappa shape index (κ1) is 14.6. The Hall–Kier alpha value is -0.830.